The van der Waals surface area contributed by atoms with Crippen molar-refractivity contribution in [3.63, 3.8) is 0 Å². The third-order valence-corrected chi connectivity index (χ3v) is 10.5. The summed E-state index contributed by atoms with van der Waals surface area (Å²) in [6.07, 6.45) is 42.1. The molecule has 0 radical (unpaired) electrons. The zero-order valence-electron chi connectivity index (χ0n) is 35.5. The van der Waals surface area contributed by atoms with Crippen molar-refractivity contribution in [1.82, 2.24) is 0 Å². The van der Waals surface area contributed by atoms with E-state index in [9.17, 15) is 14.3 Å². The number of ether oxygens (including phenoxy) is 2. The SMILES string of the molecule is CCCCC/C=C\CCCCCCCC(=O)OC(COCCCCCCCCCC/C=C\CCCCCCCCC)COP(=O)(O)OCC[N+](C)(C)C. The van der Waals surface area contributed by atoms with Crippen LogP contribution in [0.2, 0.25) is 0 Å². The predicted molar refractivity (Wildman–Crippen MR) is 224 cm³/mol. The van der Waals surface area contributed by atoms with Crippen molar-refractivity contribution in [2.45, 2.75) is 200 Å². The number of carbonyl (C=O) groups excluding carboxylic acids is 1. The molecule has 314 valence electrons. The van der Waals surface area contributed by atoms with Gasteiger partial charge in [-0.15, -0.1) is 0 Å². The number of likely N-dealkylation sites (N-methyl/N-ethyl adjacent to an activating group) is 1. The largest absolute Gasteiger partial charge is 0.472 e. The molecule has 0 saturated heterocycles. The number of allylic oxidation sites excluding steroid dienone is 4. The maximum atomic E-state index is 12.6. The summed E-state index contributed by atoms with van der Waals surface area (Å²) in [5.74, 6) is -0.324. The highest BCUT2D eigenvalue weighted by atomic mass is 31.2. The van der Waals surface area contributed by atoms with Gasteiger partial charge in [0.1, 0.15) is 19.3 Å². The van der Waals surface area contributed by atoms with E-state index < -0.39 is 13.9 Å². The average Bonchev–Trinajstić information content (AvgIpc) is 3.11. The molecule has 0 aliphatic carbocycles. The number of quaternary nitrogens is 1. The van der Waals surface area contributed by atoms with Crippen LogP contribution in [0.3, 0.4) is 0 Å². The Hall–Kier alpha value is -1.02. The zero-order valence-corrected chi connectivity index (χ0v) is 36.4. The molecule has 1 N–H and O–H groups in total. The fourth-order valence-electron chi connectivity index (χ4n) is 6.01. The van der Waals surface area contributed by atoms with Gasteiger partial charge >= 0.3 is 13.8 Å². The quantitative estimate of drug-likeness (QED) is 0.0217. The molecule has 0 fully saturated rings. The van der Waals surface area contributed by atoms with Crippen LogP contribution in [0.5, 0.6) is 0 Å². The molecule has 0 amide bonds. The standard InChI is InChI=1S/C44H86NO7P/c1-6-8-10-12-14-16-18-20-21-22-23-24-25-26-28-30-32-34-36-39-49-41-43(42-51-53(47,48)50-40-38-45(3,4)5)52-44(46)37-35-33-31-29-27-19-17-15-13-11-9-7-2/h15,17,21-22,43H,6-14,16,18-20,23-42H2,1-5H3/p+1/b17-15-,22-21-. The van der Waals surface area contributed by atoms with Crippen LogP contribution in [-0.4, -0.2) is 75.6 Å². The maximum absolute atomic E-state index is 12.6. The number of phosphoric ester groups is 1. The Labute approximate surface area is 328 Å². The number of hydrogen-bond acceptors (Lipinski definition) is 6. The lowest BCUT2D eigenvalue weighted by atomic mass is 10.1. The Morgan fingerprint density at radius 3 is 1.47 bits per heavy atom. The van der Waals surface area contributed by atoms with Gasteiger partial charge in [0, 0.05) is 13.0 Å². The van der Waals surface area contributed by atoms with Gasteiger partial charge in [0.15, 0.2) is 0 Å². The minimum atomic E-state index is -4.27. The summed E-state index contributed by atoms with van der Waals surface area (Å²) in [5, 5.41) is 0. The van der Waals surface area contributed by atoms with E-state index in [2.05, 4.69) is 38.2 Å². The van der Waals surface area contributed by atoms with Crippen LogP contribution in [0, 0.1) is 0 Å². The van der Waals surface area contributed by atoms with Crippen molar-refractivity contribution in [2.24, 2.45) is 0 Å². The second-order valence-corrected chi connectivity index (χ2v) is 17.5. The van der Waals surface area contributed by atoms with E-state index in [0.717, 1.165) is 44.9 Å². The molecule has 0 aromatic carbocycles. The van der Waals surface area contributed by atoms with Gasteiger partial charge in [-0.05, 0) is 64.2 Å². The van der Waals surface area contributed by atoms with Crippen molar-refractivity contribution in [3.05, 3.63) is 24.3 Å². The number of rotatable bonds is 41. The van der Waals surface area contributed by atoms with E-state index >= 15 is 0 Å². The smallest absolute Gasteiger partial charge is 0.457 e. The summed E-state index contributed by atoms with van der Waals surface area (Å²) in [6, 6.07) is 0. The van der Waals surface area contributed by atoms with Crippen molar-refractivity contribution in [3.8, 4) is 0 Å². The van der Waals surface area contributed by atoms with Crippen molar-refractivity contribution < 1.29 is 37.3 Å². The maximum Gasteiger partial charge on any atom is 0.472 e. The highest BCUT2D eigenvalue weighted by Crippen LogP contribution is 2.43. The number of esters is 1. The second kappa shape index (κ2) is 37.9. The third-order valence-electron chi connectivity index (χ3n) is 9.49. The van der Waals surface area contributed by atoms with Gasteiger partial charge in [0.25, 0.3) is 0 Å². The number of hydrogen-bond donors (Lipinski definition) is 1. The summed E-state index contributed by atoms with van der Waals surface area (Å²) in [6.45, 7) is 5.59. The molecule has 8 nitrogen and oxygen atoms in total. The van der Waals surface area contributed by atoms with Crippen LogP contribution in [0.1, 0.15) is 194 Å². The van der Waals surface area contributed by atoms with Crippen molar-refractivity contribution >= 4 is 13.8 Å². The normalized spacial score (nSPS) is 14.0. The second-order valence-electron chi connectivity index (χ2n) is 16.1. The van der Waals surface area contributed by atoms with Crippen LogP contribution in [0.4, 0.5) is 0 Å². The number of unbranched alkanes of at least 4 members (excludes halogenated alkanes) is 23. The Kier molecular flexibility index (Phi) is 37.2. The topological polar surface area (TPSA) is 91.3 Å². The minimum Gasteiger partial charge on any atom is -0.457 e. The van der Waals surface area contributed by atoms with Crippen molar-refractivity contribution in [1.29, 1.82) is 0 Å². The summed E-state index contributed by atoms with van der Waals surface area (Å²) in [4.78, 5) is 22.8. The van der Waals surface area contributed by atoms with Gasteiger partial charge in [0.05, 0.1) is 34.4 Å². The summed E-state index contributed by atoms with van der Waals surface area (Å²) >= 11 is 0. The fraction of sp³-hybridized carbons (Fsp3) is 0.886. The van der Waals surface area contributed by atoms with E-state index in [1.807, 2.05) is 21.1 Å². The number of phosphoric acid groups is 1. The van der Waals surface area contributed by atoms with E-state index in [1.54, 1.807) is 0 Å². The average molecular weight is 773 g/mol. The molecule has 0 bridgehead atoms. The van der Waals surface area contributed by atoms with Gasteiger partial charge in [-0.25, -0.2) is 4.57 Å². The van der Waals surface area contributed by atoms with Crippen LogP contribution in [0.15, 0.2) is 24.3 Å². The van der Waals surface area contributed by atoms with Gasteiger partial charge < -0.3 is 18.9 Å². The first-order valence-electron chi connectivity index (χ1n) is 22.1. The first kappa shape index (κ1) is 52.0. The third kappa shape index (κ3) is 42.0. The molecule has 0 aliphatic rings. The molecule has 0 spiro atoms. The van der Waals surface area contributed by atoms with E-state index in [4.69, 9.17) is 18.5 Å². The monoisotopic (exact) mass is 773 g/mol. The van der Waals surface area contributed by atoms with Crippen LogP contribution < -0.4 is 0 Å². The lowest BCUT2D eigenvalue weighted by molar-refractivity contribution is -0.870. The first-order chi connectivity index (χ1) is 25.6. The Bertz CT molecular complexity index is 905. The van der Waals surface area contributed by atoms with Crippen LogP contribution >= 0.6 is 7.82 Å². The molecule has 0 aliphatic heterocycles. The minimum absolute atomic E-state index is 0.0875. The van der Waals surface area contributed by atoms with Crippen LogP contribution in [0.25, 0.3) is 0 Å². The van der Waals surface area contributed by atoms with Gasteiger partial charge in [0.2, 0.25) is 0 Å². The Morgan fingerprint density at radius 2 is 0.981 bits per heavy atom. The zero-order chi connectivity index (χ0) is 39.1. The molecule has 0 rings (SSSR count). The lowest BCUT2D eigenvalue weighted by Gasteiger charge is -2.24. The molecule has 9 heteroatoms. The number of carbonyl (C=O) groups is 1. The van der Waals surface area contributed by atoms with Gasteiger partial charge in [-0.3, -0.25) is 13.8 Å². The van der Waals surface area contributed by atoms with Crippen molar-refractivity contribution in [2.75, 3.05) is 54.1 Å². The number of nitrogens with zero attached hydrogens (tertiary/aromatic N) is 1. The molecule has 0 aromatic rings. The molecule has 0 saturated carbocycles. The molecule has 2 unspecified atom stereocenters. The highest BCUT2D eigenvalue weighted by Gasteiger charge is 2.26. The summed E-state index contributed by atoms with van der Waals surface area (Å²) in [7, 11) is 1.66. The fourth-order valence-corrected chi connectivity index (χ4v) is 6.75. The van der Waals surface area contributed by atoms with Gasteiger partial charge in [-0.2, -0.15) is 0 Å². The summed E-state index contributed by atoms with van der Waals surface area (Å²) in [5.41, 5.74) is 0. The molecular formula is C44H87NO7P+. The molecular weight excluding hydrogens is 685 g/mol. The molecule has 0 heterocycles. The predicted octanol–water partition coefficient (Wildman–Crippen LogP) is 12.8. The lowest BCUT2D eigenvalue weighted by Crippen LogP contribution is -2.37. The van der Waals surface area contributed by atoms with E-state index in [0.29, 0.717) is 24.1 Å². The highest BCUT2D eigenvalue weighted by molar-refractivity contribution is 7.47. The summed E-state index contributed by atoms with van der Waals surface area (Å²) < 4.78 is 35.0. The molecule has 53 heavy (non-hydrogen) atoms. The van der Waals surface area contributed by atoms with E-state index in [1.165, 1.54) is 128 Å². The van der Waals surface area contributed by atoms with E-state index in [-0.39, 0.29) is 25.8 Å². The van der Waals surface area contributed by atoms with Gasteiger partial charge in [-0.1, -0.05) is 147 Å². The van der Waals surface area contributed by atoms with Crippen LogP contribution in [-0.2, 0) is 27.9 Å². The Balaban J connectivity index is 4.19. The molecule has 0 aromatic heterocycles. The Morgan fingerprint density at radius 1 is 0.566 bits per heavy atom. The molecule has 2 atom stereocenters. The first-order valence-corrected chi connectivity index (χ1v) is 23.6.